The first-order valence-corrected chi connectivity index (χ1v) is 8.21. The van der Waals surface area contributed by atoms with Gasteiger partial charge in [-0.15, -0.1) is 0 Å². The summed E-state index contributed by atoms with van der Waals surface area (Å²) in [6.45, 7) is 2.10. The normalized spacial score (nSPS) is 10.9. The summed E-state index contributed by atoms with van der Waals surface area (Å²) in [6, 6.07) is 3.32. The first-order valence-electron chi connectivity index (χ1n) is 7.45. The van der Waals surface area contributed by atoms with Gasteiger partial charge >= 0.3 is 5.97 Å². The fourth-order valence-corrected chi connectivity index (χ4v) is 2.83. The van der Waals surface area contributed by atoms with E-state index in [1.165, 1.54) is 6.20 Å². The molecule has 8 heteroatoms. The Morgan fingerprint density at radius 2 is 1.92 bits per heavy atom. The van der Waals surface area contributed by atoms with Crippen LogP contribution < -0.4 is 4.90 Å². The van der Waals surface area contributed by atoms with Crippen LogP contribution >= 0.6 is 23.2 Å². The number of anilines is 1. The first kappa shape index (κ1) is 18.7. The second-order valence-electron chi connectivity index (χ2n) is 4.93. The summed E-state index contributed by atoms with van der Waals surface area (Å²) in [6.07, 6.45) is 1.37. The maximum absolute atomic E-state index is 12.3. The zero-order valence-corrected chi connectivity index (χ0v) is 14.6. The van der Waals surface area contributed by atoms with E-state index in [9.17, 15) is 15.0 Å². The molecule has 0 bridgehead atoms. The number of aliphatic hydroxyl groups is 2. The molecule has 1 aromatic carbocycles. The van der Waals surface area contributed by atoms with Crippen LogP contribution in [0, 0.1) is 0 Å². The smallest absolute Gasteiger partial charge is 0.341 e. The summed E-state index contributed by atoms with van der Waals surface area (Å²) < 4.78 is 5.09. The molecule has 0 saturated carbocycles. The minimum absolute atomic E-state index is 0.145. The maximum Gasteiger partial charge on any atom is 0.341 e. The van der Waals surface area contributed by atoms with Crippen LogP contribution in [0.15, 0.2) is 18.3 Å². The quantitative estimate of drug-likeness (QED) is 0.726. The largest absolute Gasteiger partial charge is 0.462 e. The van der Waals surface area contributed by atoms with Gasteiger partial charge in [0.05, 0.1) is 41.1 Å². The average Bonchev–Trinajstić information content (AvgIpc) is 2.57. The number of halogens is 2. The van der Waals surface area contributed by atoms with Crippen molar-refractivity contribution in [1.82, 2.24) is 4.98 Å². The number of rotatable bonds is 7. The number of esters is 1. The van der Waals surface area contributed by atoms with Gasteiger partial charge in [0.2, 0.25) is 0 Å². The molecule has 0 fully saturated rings. The predicted molar refractivity (Wildman–Crippen MR) is 94.1 cm³/mol. The Bertz CT molecular complexity index is 734. The Hall–Kier alpha value is -1.60. The number of ether oxygens (including phenoxy) is 1. The highest BCUT2D eigenvalue weighted by Gasteiger charge is 2.22. The lowest BCUT2D eigenvalue weighted by atomic mass is 10.1. The number of benzene rings is 1. The van der Waals surface area contributed by atoms with Crippen LogP contribution in [0.25, 0.3) is 10.9 Å². The monoisotopic (exact) mass is 372 g/mol. The van der Waals surface area contributed by atoms with Gasteiger partial charge in [-0.3, -0.25) is 4.98 Å². The third kappa shape index (κ3) is 3.72. The molecule has 0 radical (unpaired) electrons. The molecule has 0 unspecified atom stereocenters. The number of fused-ring (bicyclic) bond motifs is 1. The van der Waals surface area contributed by atoms with Crippen LogP contribution in [0.2, 0.25) is 10.0 Å². The van der Waals surface area contributed by atoms with E-state index in [-0.39, 0.29) is 43.5 Å². The number of hydrogen-bond acceptors (Lipinski definition) is 6. The third-order valence-electron chi connectivity index (χ3n) is 3.45. The molecule has 0 spiro atoms. The van der Waals surface area contributed by atoms with E-state index in [1.807, 2.05) is 0 Å². The SMILES string of the molecule is CCOC(=O)c1cnc2c(Cl)c(Cl)ccc2c1N(CCO)CCO. The number of carbonyl (C=O) groups is 1. The van der Waals surface area contributed by atoms with Gasteiger partial charge < -0.3 is 19.8 Å². The van der Waals surface area contributed by atoms with Crippen molar-refractivity contribution in [2.75, 3.05) is 37.8 Å². The molecule has 0 saturated heterocycles. The minimum atomic E-state index is -0.533. The predicted octanol–water partition coefficient (Wildman–Crippen LogP) is 2.51. The van der Waals surface area contributed by atoms with Gasteiger partial charge in [-0.2, -0.15) is 0 Å². The average molecular weight is 373 g/mol. The van der Waals surface area contributed by atoms with Crippen molar-refractivity contribution in [3.05, 3.63) is 33.9 Å². The number of aliphatic hydroxyl groups excluding tert-OH is 2. The molecule has 6 nitrogen and oxygen atoms in total. The number of carbonyl (C=O) groups excluding carboxylic acids is 1. The van der Waals surface area contributed by atoms with E-state index in [0.29, 0.717) is 21.6 Å². The molecule has 0 aliphatic heterocycles. The van der Waals surface area contributed by atoms with Gasteiger partial charge in [0.1, 0.15) is 5.56 Å². The summed E-state index contributed by atoms with van der Waals surface area (Å²) in [4.78, 5) is 18.2. The Morgan fingerprint density at radius 1 is 1.25 bits per heavy atom. The molecule has 24 heavy (non-hydrogen) atoms. The molecular weight excluding hydrogens is 355 g/mol. The van der Waals surface area contributed by atoms with Crippen LogP contribution in [0.4, 0.5) is 5.69 Å². The fraction of sp³-hybridized carbons (Fsp3) is 0.375. The van der Waals surface area contributed by atoms with Crippen LogP contribution in [-0.4, -0.2) is 54.1 Å². The lowest BCUT2D eigenvalue weighted by Gasteiger charge is -2.26. The zero-order chi connectivity index (χ0) is 17.7. The Labute approximate surface area is 149 Å². The van der Waals surface area contributed by atoms with Gasteiger partial charge in [-0.05, 0) is 19.1 Å². The third-order valence-corrected chi connectivity index (χ3v) is 4.25. The Morgan fingerprint density at radius 3 is 2.50 bits per heavy atom. The molecule has 0 aliphatic carbocycles. The minimum Gasteiger partial charge on any atom is -0.462 e. The molecule has 130 valence electrons. The van der Waals surface area contributed by atoms with E-state index >= 15 is 0 Å². The summed E-state index contributed by atoms with van der Waals surface area (Å²) in [5, 5.41) is 19.9. The van der Waals surface area contributed by atoms with Crippen LogP contribution in [0.5, 0.6) is 0 Å². The summed E-state index contributed by atoms with van der Waals surface area (Å²) >= 11 is 12.3. The van der Waals surface area contributed by atoms with Crippen molar-refractivity contribution < 1.29 is 19.7 Å². The second kappa shape index (κ2) is 8.48. The highest BCUT2D eigenvalue weighted by molar-refractivity contribution is 6.45. The maximum atomic E-state index is 12.3. The van der Waals surface area contributed by atoms with E-state index in [4.69, 9.17) is 27.9 Å². The summed E-state index contributed by atoms with van der Waals surface area (Å²) in [5.74, 6) is -0.533. The van der Waals surface area contributed by atoms with E-state index in [1.54, 1.807) is 24.0 Å². The number of aromatic nitrogens is 1. The molecule has 0 amide bonds. The van der Waals surface area contributed by atoms with Crippen molar-refractivity contribution in [2.24, 2.45) is 0 Å². The first-order chi connectivity index (χ1) is 11.5. The fourth-order valence-electron chi connectivity index (χ4n) is 2.47. The molecule has 2 rings (SSSR count). The lowest BCUT2D eigenvalue weighted by molar-refractivity contribution is 0.0526. The van der Waals surface area contributed by atoms with Crippen molar-refractivity contribution in [3.63, 3.8) is 0 Å². The van der Waals surface area contributed by atoms with Crippen LogP contribution in [0.3, 0.4) is 0 Å². The van der Waals surface area contributed by atoms with E-state index in [2.05, 4.69) is 4.98 Å². The van der Waals surface area contributed by atoms with Crippen molar-refractivity contribution >= 4 is 45.8 Å². The second-order valence-corrected chi connectivity index (χ2v) is 5.72. The van der Waals surface area contributed by atoms with Gasteiger partial charge in [-0.25, -0.2) is 4.79 Å². The van der Waals surface area contributed by atoms with Crippen molar-refractivity contribution in [2.45, 2.75) is 6.92 Å². The molecule has 2 aromatic rings. The molecule has 0 atom stereocenters. The standard InChI is InChI=1S/C16H18Cl2N2O4/c1-2-24-16(23)11-9-19-14-10(3-4-12(17)13(14)18)15(11)20(5-7-21)6-8-22/h3-4,9,21-22H,2,5-8H2,1H3. The molecular formula is C16H18Cl2N2O4. The lowest BCUT2D eigenvalue weighted by Crippen LogP contribution is -2.31. The molecule has 2 N–H and O–H groups in total. The van der Waals surface area contributed by atoms with Crippen molar-refractivity contribution in [1.29, 1.82) is 0 Å². The van der Waals surface area contributed by atoms with Crippen LogP contribution in [0.1, 0.15) is 17.3 Å². The Balaban J connectivity index is 2.74. The van der Waals surface area contributed by atoms with Gasteiger partial charge in [-0.1, -0.05) is 23.2 Å². The van der Waals surface area contributed by atoms with E-state index < -0.39 is 5.97 Å². The topological polar surface area (TPSA) is 82.9 Å². The number of nitrogens with zero attached hydrogens (tertiary/aromatic N) is 2. The van der Waals surface area contributed by atoms with Gasteiger partial charge in [0.15, 0.2) is 0 Å². The number of pyridine rings is 1. The van der Waals surface area contributed by atoms with Gasteiger partial charge in [0, 0.05) is 24.7 Å². The van der Waals surface area contributed by atoms with Gasteiger partial charge in [0.25, 0.3) is 0 Å². The summed E-state index contributed by atoms with van der Waals surface area (Å²) in [5.41, 5.74) is 1.18. The summed E-state index contributed by atoms with van der Waals surface area (Å²) in [7, 11) is 0. The molecule has 1 heterocycles. The zero-order valence-electron chi connectivity index (χ0n) is 13.1. The van der Waals surface area contributed by atoms with Crippen molar-refractivity contribution in [3.8, 4) is 0 Å². The van der Waals surface area contributed by atoms with Crippen LogP contribution in [-0.2, 0) is 4.74 Å². The molecule has 0 aliphatic rings. The number of hydrogen-bond donors (Lipinski definition) is 2. The molecule has 1 aromatic heterocycles. The highest BCUT2D eigenvalue weighted by Crippen LogP contribution is 2.36. The van der Waals surface area contributed by atoms with E-state index in [0.717, 1.165) is 0 Å². The highest BCUT2D eigenvalue weighted by atomic mass is 35.5. The Kier molecular flexibility index (Phi) is 6.62.